The van der Waals surface area contributed by atoms with E-state index in [9.17, 15) is 19.2 Å². The Balaban J connectivity index is 1.26. The molecule has 1 N–H and O–H groups in total. The van der Waals surface area contributed by atoms with E-state index < -0.39 is 0 Å². The molecule has 9 nitrogen and oxygen atoms in total. The summed E-state index contributed by atoms with van der Waals surface area (Å²) < 4.78 is 0. The van der Waals surface area contributed by atoms with E-state index in [1.807, 2.05) is 0 Å². The molecule has 0 unspecified atom stereocenters. The van der Waals surface area contributed by atoms with Crippen molar-refractivity contribution in [2.24, 2.45) is 11.0 Å². The van der Waals surface area contributed by atoms with Crippen molar-refractivity contribution in [3.8, 4) is 0 Å². The number of urea groups is 1. The van der Waals surface area contributed by atoms with Gasteiger partial charge in [-0.1, -0.05) is 6.42 Å². The molecule has 9 heteroatoms. The third-order valence-corrected chi connectivity index (χ3v) is 5.16. The summed E-state index contributed by atoms with van der Waals surface area (Å²) in [5.41, 5.74) is 2.54. The topological polar surface area (TPSA) is 102 Å². The van der Waals surface area contributed by atoms with E-state index in [1.165, 1.54) is 17.1 Å². The van der Waals surface area contributed by atoms with Crippen LogP contribution < -0.4 is 5.43 Å². The van der Waals surface area contributed by atoms with Crippen LogP contribution in [-0.4, -0.2) is 77.4 Å². The van der Waals surface area contributed by atoms with Crippen molar-refractivity contribution >= 4 is 30.0 Å². The van der Waals surface area contributed by atoms with E-state index in [0.29, 0.717) is 51.5 Å². The number of nitrogens with zero attached hydrogens (tertiary/aromatic N) is 4. The van der Waals surface area contributed by atoms with Crippen molar-refractivity contribution in [1.82, 2.24) is 20.1 Å². The van der Waals surface area contributed by atoms with Crippen LogP contribution in [0.1, 0.15) is 38.5 Å². The molecule has 0 spiro atoms. The van der Waals surface area contributed by atoms with Crippen molar-refractivity contribution in [2.45, 2.75) is 38.5 Å². The van der Waals surface area contributed by atoms with Gasteiger partial charge >= 0.3 is 6.03 Å². The second kappa shape index (κ2) is 9.48. The molecular weight excluding hydrogens is 362 g/mol. The minimum atomic E-state index is -0.263. The fraction of sp³-hybridized carbons (Fsp3) is 0.632. The predicted octanol–water partition coefficient (Wildman–Crippen LogP) is 0.721. The standard InChI is InChI=1S/C19H27N5O4/c25-16(4-2-1-3-9-24-17(26)7-8-18(24)27)22-10-12-23(13-11-22)19(28)21-20-14-15-5-6-15/h7-8,14-15H,1-6,9-13H2,(H,21,28)/b20-14+. The van der Waals surface area contributed by atoms with Gasteiger partial charge in [0.05, 0.1) is 0 Å². The van der Waals surface area contributed by atoms with Gasteiger partial charge in [-0.15, -0.1) is 0 Å². The molecule has 3 aliphatic rings. The molecule has 0 radical (unpaired) electrons. The zero-order valence-electron chi connectivity index (χ0n) is 16.0. The monoisotopic (exact) mass is 389 g/mol. The van der Waals surface area contributed by atoms with Gasteiger partial charge in [-0.3, -0.25) is 19.3 Å². The summed E-state index contributed by atoms with van der Waals surface area (Å²) in [5.74, 6) is 0.0759. The maximum atomic E-state index is 12.3. The zero-order valence-corrected chi connectivity index (χ0v) is 16.0. The number of carbonyl (C=O) groups excluding carboxylic acids is 4. The van der Waals surface area contributed by atoms with E-state index in [0.717, 1.165) is 25.7 Å². The summed E-state index contributed by atoms with van der Waals surface area (Å²) in [7, 11) is 0. The molecule has 0 bridgehead atoms. The molecule has 3 rings (SSSR count). The summed E-state index contributed by atoms with van der Waals surface area (Å²) in [5, 5.41) is 3.96. The van der Waals surface area contributed by atoms with Crippen LogP contribution >= 0.6 is 0 Å². The van der Waals surface area contributed by atoms with Gasteiger partial charge in [0.15, 0.2) is 0 Å². The molecule has 0 aromatic heterocycles. The smallest absolute Gasteiger partial charge is 0.337 e. The lowest BCUT2D eigenvalue weighted by Crippen LogP contribution is -2.52. The Kier molecular flexibility index (Phi) is 6.78. The van der Waals surface area contributed by atoms with Crippen LogP contribution in [0.2, 0.25) is 0 Å². The Morgan fingerprint density at radius 3 is 2.29 bits per heavy atom. The third-order valence-electron chi connectivity index (χ3n) is 5.16. The Morgan fingerprint density at radius 2 is 1.64 bits per heavy atom. The Hall–Kier alpha value is -2.71. The van der Waals surface area contributed by atoms with Crippen LogP contribution in [0.3, 0.4) is 0 Å². The van der Waals surface area contributed by atoms with Crippen LogP contribution in [0, 0.1) is 5.92 Å². The second-order valence-corrected chi connectivity index (χ2v) is 7.37. The maximum absolute atomic E-state index is 12.3. The molecule has 1 saturated heterocycles. The second-order valence-electron chi connectivity index (χ2n) is 7.37. The van der Waals surface area contributed by atoms with Gasteiger partial charge in [0.2, 0.25) is 5.91 Å². The lowest BCUT2D eigenvalue weighted by atomic mass is 10.1. The average Bonchev–Trinajstić information content (AvgIpc) is 3.47. The summed E-state index contributed by atoms with van der Waals surface area (Å²) in [6.45, 7) is 2.46. The number of piperazine rings is 1. The number of hydrazone groups is 1. The Labute approximate surface area is 164 Å². The summed E-state index contributed by atoms with van der Waals surface area (Å²) in [6, 6.07) is -0.218. The number of imide groups is 1. The van der Waals surface area contributed by atoms with Crippen molar-refractivity contribution in [1.29, 1.82) is 0 Å². The summed E-state index contributed by atoms with van der Waals surface area (Å²) >= 11 is 0. The van der Waals surface area contributed by atoms with Crippen molar-refractivity contribution < 1.29 is 19.2 Å². The summed E-state index contributed by atoms with van der Waals surface area (Å²) in [4.78, 5) is 51.9. The first kappa shape index (κ1) is 20.0. The minimum Gasteiger partial charge on any atom is -0.339 e. The number of amides is 5. The fourth-order valence-electron chi connectivity index (χ4n) is 3.21. The van der Waals surface area contributed by atoms with Gasteiger partial charge in [-0.25, -0.2) is 10.2 Å². The quantitative estimate of drug-likeness (QED) is 0.286. The number of hydrogen-bond donors (Lipinski definition) is 1. The highest BCUT2D eigenvalue weighted by molar-refractivity contribution is 6.12. The first-order chi connectivity index (χ1) is 13.5. The number of hydrogen-bond acceptors (Lipinski definition) is 5. The number of unbranched alkanes of at least 4 members (excludes halogenated alkanes) is 2. The largest absolute Gasteiger partial charge is 0.339 e. The molecule has 2 heterocycles. The van der Waals surface area contributed by atoms with Crippen molar-refractivity contribution in [2.75, 3.05) is 32.7 Å². The molecule has 5 amide bonds. The van der Waals surface area contributed by atoms with Gasteiger partial charge < -0.3 is 9.80 Å². The molecule has 0 atom stereocenters. The van der Waals surface area contributed by atoms with E-state index in [1.54, 1.807) is 16.0 Å². The Bertz CT molecular complexity index is 660. The number of carbonyl (C=O) groups is 4. The van der Waals surface area contributed by atoms with Crippen molar-refractivity contribution in [3.63, 3.8) is 0 Å². The number of rotatable bonds is 8. The zero-order chi connectivity index (χ0) is 19.9. The van der Waals surface area contributed by atoms with Gasteiger partial charge in [0.25, 0.3) is 11.8 Å². The van der Waals surface area contributed by atoms with Crippen LogP contribution in [0.5, 0.6) is 0 Å². The van der Waals surface area contributed by atoms with Crippen LogP contribution in [0.15, 0.2) is 17.3 Å². The van der Waals surface area contributed by atoms with Gasteiger partial charge in [0, 0.05) is 57.5 Å². The SMILES string of the molecule is O=C(CCCCCN1C(=O)C=CC1=O)N1CCN(C(=O)N/N=C/C2CC2)CC1. The normalized spacial score (nSPS) is 19.8. The van der Waals surface area contributed by atoms with Gasteiger partial charge in [0.1, 0.15) is 0 Å². The van der Waals surface area contributed by atoms with E-state index in [-0.39, 0.29) is 23.8 Å². The predicted molar refractivity (Wildman–Crippen MR) is 102 cm³/mol. The van der Waals surface area contributed by atoms with E-state index >= 15 is 0 Å². The summed E-state index contributed by atoms with van der Waals surface area (Å²) in [6.07, 6.45) is 9.28. The molecular formula is C19H27N5O4. The van der Waals surface area contributed by atoms with Gasteiger partial charge in [-0.2, -0.15) is 5.10 Å². The van der Waals surface area contributed by atoms with Crippen molar-refractivity contribution in [3.05, 3.63) is 12.2 Å². The molecule has 28 heavy (non-hydrogen) atoms. The highest BCUT2D eigenvalue weighted by Crippen LogP contribution is 2.26. The maximum Gasteiger partial charge on any atom is 0.337 e. The molecule has 2 aliphatic heterocycles. The lowest BCUT2D eigenvalue weighted by molar-refractivity contribution is -0.137. The van der Waals surface area contributed by atoms with E-state index in [4.69, 9.17) is 0 Å². The highest BCUT2D eigenvalue weighted by atomic mass is 16.2. The highest BCUT2D eigenvalue weighted by Gasteiger charge is 2.25. The average molecular weight is 389 g/mol. The molecule has 0 aromatic rings. The minimum absolute atomic E-state index is 0.0850. The van der Waals surface area contributed by atoms with Crippen LogP contribution in [0.25, 0.3) is 0 Å². The van der Waals surface area contributed by atoms with E-state index in [2.05, 4.69) is 10.5 Å². The van der Waals surface area contributed by atoms with Crippen LogP contribution in [-0.2, 0) is 14.4 Å². The molecule has 1 saturated carbocycles. The fourth-order valence-corrected chi connectivity index (χ4v) is 3.21. The Morgan fingerprint density at radius 1 is 1.00 bits per heavy atom. The lowest BCUT2D eigenvalue weighted by Gasteiger charge is -2.34. The first-order valence-electron chi connectivity index (χ1n) is 9.94. The third kappa shape index (κ3) is 5.64. The molecule has 0 aromatic carbocycles. The molecule has 152 valence electrons. The van der Waals surface area contributed by atoms with Crippen LogP contribution in [0.4, 0.5) is 4.79 Å². The molecule has 2 fully saturated rings. The molecule has 1 aliphatic carbocycles. The first-order valence-corrected chi connectivity index (χ1v) is 9.94. The van der Waals surface area contributed by atoms with Gasteiger partial charge in [-0.05, 0) is 31.6 Å². The number of nitrogens with one attached hydrogen (secondary N) is 1.